The van der Waals surface area contributed by atoms with Crippen molar-refractivity contribution >= 4 is 45.3 Å². The second kappa shape index (κ2) is 11.7. The average molecular weight is 490 g/mol. The van der Waals surface area contributed by atoms with E-state index in [1.165, 1.54) is 11.8 Å². The standard InChI is InChI=1S/C19H28ClN5O4S2/c1-12(2)8-15(10-26)21-17-22-18(25-31(4,27)28)24-19(23-17)30-13(3)11-29-16-7-5-6-14(20)9-16/h5-7,9,12-13,15,26H,8,10-11H2,1-4H3,(H2,21,22,23,24,25)/t13-,15+/m0/s1. The molecule has 2 atom stereocenters. The maximum Gasteiger partial charge on any atom is 0.242 e. The van der Waals surface area contributed by atoms with Crippen molar-refractivity contribution in [2.45, 2.75) is 43.6 Å². The molecule has 1 heterocycles. The van der Waals surface area contributed by atoms with E-state index in [0.717, 1.165) is 6.26 Å². The number of anilines is 2. The number of thioether (sulfide) groups is 1. The van der Waals surface area contributed by atoms with E-state index in [2.05, 4.69) is 25.0 Å². The van der Waals surface area contributed by atoms with Gasteiger partial charge in [0, 0.05) is 10.3 Å². The van der Waals surface area contributed by atoms with Crippen LogP contribution in [0.1, 0.15) is 27.2 Å². The van der Waals surface area contributed by atoms with Gasteiger partial charge in [0.1, 0.15) is 12.4 Å². The van der Waals surface area contributed by atoms with Crippen molar-refractivity contribution in [3.05, 3.63) is 29.3 Å². The number of benzene rings is 1. The van der Waals surface area contributed by atoms with Crippen molar-refractivity contribution in [2.24, 2.45) is 5.92 Å². The second-order valence-corrected chi connectivity index (χ2v) is 11.1. The number of ether oxygens (including phenoxy) is 1. The highest BCUT2D eigenvalue weighted by Crippen LogP contribution is 2.24. The van der Waals surface area contributed by atoms with Gasteiger partial charge in [-0.05, 0) is 37.5 Å². The minimum atomic E-state index is -3.57. The van der Waals surface area contributed by atoms with Gasteiger partial charge >= 0.3 is 0 Å². The Labute approximate surface area is 192 Å². The molecule has 0 aliphatic heterocycles. The van der Waals surface area contributed by atoms with Crippen molar-refractivity contribution < 1.29 is 18.3 Å². The van der Waals surface area contributed by atoms with Crippen molar-refractivity contribution in [2.75, 3.05) is 29.5 Å². The quantitative estimate of drug-likeness (QED) is 0.385. The Morgan fingerprint density at radius 1 is 1.19 bits per heavy atom. The number of sulfonamides is 1. The van der Waals surface area contributed by atoms with Crippen LogP contribution in [0.2, 0.25) is 5.02 Å². The van der Waals surface area contributed by atoms with Crippen LogP contribution in [-0.2, 0) is 10.0 Å². The van der Waals surface area contributed by atoms with Crippen molar-refractivity contribution in [3.63, 3.8) is 0 Å². The molecular formula is C19H28ClN5O4S2. The smallest absolute Gasteiger partial charge is 0.242 e. The Balaban J connectivity index is 2.14. The molecule has 172 valence electrons. The third kappa shape index (κ3) is 9.90. The van der Waals surface area contributed by atoms with E-state index in [1.807, 2.05) is 26.8 Å². The zero-order valence-corrected chi connectivity index (χ0v) is 20.3. The summed E-state index contributed by atoms with van der Waals surface area (Å²) in [7, 11) is -3.57. The van der Waals surface area contributed by atoms with Crippen LogP contribution in [0.4, 0.5) is 11.9 Å². The van der Waals surface area contributed by atoms with Crippen molar-refractivity contribution in [3.8, 4) is 5.75 Å². The summed E-state index contributed by atoms with van der Waals surface area (Å²) in [5, 5.41) is 13.5. The van der Waals surface area contributed by atoms with E-state index in [4.69, 9.17) is 16.3 Å². The summed E-state index contributed by atoms with van der Waals surface area (Å²) < 4.78 is 31.3. The summed E-state index contributed by atoms with van der Waals surface area (Å²) in [6.45, 7) is 6.27. The first-order valence-corrected chi connectivity index (χ1v) is 12.8. The van der Waals surface area contributed by atoms with Gasteiger partial charge in [-0.1, -0.05) is 43.3 Å². The highest BCUT2D eigenvalue weighted by Gasteiger charge is 2.17. The topological polar surface area (TPSA) is 126 Å². The average Bonchev–Trinajstić information content (AvgIpc) is 2.64. The minimum Gasteiger partial charge on any atom is -0.492 e. The first-order chi connectivity index (χ1) is 14.5. The van der Waals surface area contributed by atoms with Crippen LogP contribution in [-0.4, -0.2) is 59.2 Å². The van der Waals surface area contributed by atoms with Crippen LogP contribution in [0.25, 0.3) is 0 Å². The molecule has 0 bridgehead atoms. The van der Waals surface area contributed by atoms with Crippen LogP contribution in [0.3, 0.4) is 0 Å². The van der Waals surface area contributed by atoms with Gasteiger partial charge in [0.25, 0.3) is 0 Å². The van der Waals surface area contributed by atoms with E-state index < -0.39 is 10.0 Å². The molecule has 31 heavy (non-hydrogen) atoms. The van der Waals surface area contributed by atoms with E-state index in [0.29, 0.717) is 34.9 Å². The zero-order valence-electron chi connectivity index (χ0n) is 17.9. The van der Waals surface area contributed by atoms with E-state index in [1.54, 1.807) is 18.2 Å². The van der Waals surface area contributed by atoms with Crippen molar-refractivity contribution in [1.29, 1.82) is 0 Å². The van der Waals surface area contributed by atoms with E-state index in [9.17, 15) is 13.5 Å². The van der Waals surface area contributed by atoms with Gasteiger partial charge in [-0.15, -0.1) is 0 Å². The van der Waals surface area contributed by atoms with Gasteiger partial charge in [0.05, 0.1) is 18.9 Å². The molecule has 0 aliphatic carbocycles. The molecule has 0 unspecified atom stereocenters. The zero-order chi connectivity index (χ0) is 23.0. The predicted octanol–water partition coefficient (Wildman–Crippen LogP) is 3.28. The Hall–Kier alpha value is -1.82. The van der Waals surface area contributed by atoms with Crippen LogP contribution in [0.5, 0.6) is 5.75 Å². The molecule has 9 nitrogen and oxygen atoms in total. The number of halogens is 1. The molecule has 0 radical (unpaired) electrons. The molecule has 0 saturated carbocycles. The second-order valence-electron chi connectivity index (χ2n) is 7.49. The third-order valence-corrected chi connectivity index (χ3v) is 5.51. The van der Waals surface area contributed by atoms with Crippen LogP contribution < -0.4 is 14.8 Å². The van der Waals surface area contributed by atoms with E-state index in [-0.39, 0.29) is 29.8 Å². The molecule has 0 amide bonds. The maximum atomic E-state index is 11.6. The summed E-state index contributed by atoms with van der Waals surface area (Å²) >= 11 is 7.28. The van der Waals surface area contributed by atoms with Crippen LogP contribution in [0, 0.1) is 5.92 Å². The molecule has 0 saturated heterocycles. The van der Waals surface area contributed by atoms with Crippen LogP contribution in [0.15, 0.2) is 29.4 Å². The van der Waals surface area contributed by atoms with Gasteiger partial charge in [-0.2, -0.15) is 15.0 Å². The highest BCUT2D eigenvalue weighted by molar-refractivity contribution is 7.99. The minimum absolute atomic E-state index is 0.0513. The van der Waals surface area contributed by atoms with Gasteiger partial charge in [0.15, 0.2) is 5.16 Å². The molecular weight excluding hydrogens is 462 g/mol. The Morgan fingerprint density at radius 3 is 2.52 bits per heavy atom. The highest BCUT2D eigenvalue weighted by atomic mass is 35.5. The number of hydrogen-bond donors (Lipinski definition) is 3. The number of hydrogen-bond acceptors (Lipinski definition) is 9. The number of nitrogens with one attached hydrogen (secondary N) is 2. The SMILES string of the molecule is CC(C)C[C@H](CO)Nc1nc(NS(C)(=O)=O)nc(S[C@@H](C)COc2cccc(Cl)c2)n1. The number of rotatable bonds is 12. The lowest BCUT2D eigenvalue weighted by molar-refractivity contribution is 0.259. The maximum absolute atomic E-state index is 11.6. The van der Waals surface area contributed by atoms with Gasteiger partial charge in [0.2, 0.25) is 21.9 Å². The lowest BCUT2D eigenvalue weighted by Gasteiger charge is -2.19. The summed E-state index contributed by atoms with van der Waals surface area (Å²) in [6, 6.07) is 6.83. The van der Waals surface area contributed by atoms with Gasteiger partial charge in [-0.25, -0.2) is 8.42 Å². The Kier molecular flexibility index (Phi) is 9.60. The summed E-state index contributed by atoms with van der Waals surface area (Å²) in [6.07, 6.45) is 1.72. The number of nitrogens with zero attached hydrogens (tertiary/aromatic N) is 3. The Morgan fingerprint density at radius 2 is 1.90 bits per heavy atom. The van der Waals surface area contributed by atoms with Crippen molar-refractivity contribution in [1.82, 2.24) is 15.0 Å². The molecule has 2 aromatic rings. The molecule has 0 fully saturated rings. The van der Waals surface area contributed by atoms with E-state index >= 15 is 0 Å². The normalized spacial score (nSPS) is 13.6. The fraction of sp³-hybridized carbons (Fsp3) is 0.526. The molecule has 3 N–H and O–H groups in total. The van der Waals surface area contributed by atoms with Gasteiger partial charge < -0.3 is 15.2 Å². The molecule has 0 spiro atoms. The monoisotopic (exact) mass is 489 g/mol. The predicted molar refractivity (Wildman–Crippen MR) is 125 cm³/mol. The molecule has 1 aromatic heterocycles. The Bertz CT molecular complexity index is 962. The lowest BCUT2D eigenvalue weighted by Crippen LogP contribution is -2.27. The molecule has 12 heteroatoms. The fourth-order valence-electron chi connectivity index (χ4n) is 2.60. The summed E-state index contributed by atoms with van der Waals surface area (Å²) in [5.41, 5.74) is 0. The first-order valence-electron chi connectivity index (χ1n) is 9.70. The molecule has 1 aromatic carbocycles. The third-order valence-electron chi connectivity index (χ3n) is 3.79. The molecule has 2 rings (SSSR count). The summed E-state index contributed by atoms with van der Waals surface area (Å²) in [5.74, 6) is 1.09. The molecule has 0 aliphatic rings. The summed E-state index contributed by atoms with van der Waals surface area (Å²) in [4.78, 5) is 12.7. The number of aromatic nitrogens is 3. The van der Waals surface area contributed by atoms with Crippen LogP contribution >= 0.6 is 23.4 Å². The van der Waals surface area contributed by atoms with Gasteiger partial charge in [-0.3, -0.25) is 4.72 Å². The lowest BCUT2D eigenvalue weighted by atomic mass is 10.0. The fourth-order valence-corrected chi connectivity index (χ4v) is 3.98. The first kappa shape index (κ1) is 25.4. The largest absolute Gasteiger partial charge is 0.492 e. The number of aliphatic hydroxyl groups excluding tert-OH is 1. The number of aliphatic hydroxyl groups is 1.